The van der Waals surface area contributed by atoms with Crippen molar-refractivity contribution in [3.63, 3.8) is 0 Å². The van der Waals surface area contributed by atoms with Gasteiger partial charge in [-0.25, -0.2) is 9.97 Å². The Morgan fingerprint density at radius 1 is 1.14 bits per heavy atom. The number of aromatic nitrogens is 3. The Labute approximate surface area is 126 Å². The summed E-state index contributed by atoms with van der Waals surface area (Å²) in [5.74, 6) is 2.47. The third-order valence-corrected chi connectivity index (χ3v) is 4.04. The Kier molecular flexibility index (Phi) is 4.43. The van der Waals surface area contributed by atoms with E-state index in [1.165, 1.54) is 36.9 Å². The molecule has 0 bridgehead atoms. The fraction of sp³-hybridized carbons (Fsp3) is 0.471. The molecule has 0 spiro atoms. The molecule has 2 aromatic rings. The van der Waals surface area contributed by atoms with Crippen LogP contribution in [0.25, 0.3) is 0 Å². The zero-order valence-electron chi connectivity index (χ0n) is 12.5. The molecular weight excluding hydrogens is 260 g/mol. The molecule has 2 aromatic heterocycles. The van der Waals surface area contributed by atoms with Crippen LogP contribution in [-0.2, 0) is 6.42 Å². The second kappa shape index (κ2) is 6.66. The van der Waals surface area contributed by atoms with Gasteiger partial charge in [-0.1, -0.05) is 12.8 Å². The van der Waals surface area contributed by atoms with Crippen LogP contribution in [0.5, 0.6) is 0 Å². The first-order chi connectivity index (χ1) is 10.3. The van der Waals surface area contributed by atoms with Crippen LogP contribution in [-0.4, -0.2) is 21.5 Å². The first-order valence-electron chi connectivity index (χ1n) is 7.86. The van der Waals surface area contributed by atoms with Crippen molar-refractivity contribution in [1.29, 1.82) is 0 Å². The number of nitrogens with zero attached hydrogens (tertiary/aromatic N) is 3. The summed E-state index contributed by atoms with van der Waals surface area (Å²) in [6.45, 7) is 2.98. The first-order valence-corrected chi connectivity index (χ1v) is 7.86. The summed E-state index contributed by atoms with van der Waals surface area (Å²) < 4.78 is 0. The van der Waals surface area contributed by atoms with Crippen molar-refractivity contribution in [2.75, 3.05) is 11.9 Å². The largest absolute Gasteiger partial charge is 0.370 e. The molecule has 0 unspecified atom stereocenters. The molecule has 1 fully saturated rings. The van der Waals surface area contributed by atoms with E-state index in [-0.39, 0.29) is 0 Å². The van der Waals surface area contributed by atoms with Crippen LogP contribution >= 0.6 is 0 Å². The second-order valence-corrected chi connectivity index (χ2v) is 5.64. The average Bonchev–Trinajstić information content (AvgIpc) is 3.03. The molecule has 0 saturated heterocycles. The van der Waals surface area contributed by atoms with E-state index in [4.69, 9.17) is 4.98 Å². The Balaban J connectivity index is 1.87. The van der Waals surface area contributed by atoms with Gasteiger partial charge in [0.1, 0.15) is 11.6 Å². The van der Waals surface area contributed by atoms with E-state index in [0.717, 1.165) is 24.6 Å². The van der Waals surface area contributed by atoms with Crippen LogP contribution in [0.2, 0.25) is 0 Å². The summed E-state index contributed by atoms with van der Waals surface area (Å²) >= 11 is 0. The monoisotopic (exact) mass is 282 g/mol. The molecule has 0 aliphatic heterocycles. The molecule has 4 nitrogen and oxygen atoms in total. The highest BCUT2D eigenvalue weighted by Gasteiger charge is 2.20. The molecule has 110 valence electrons. The van der Waals surface area contributed by atoms with Crippen molar-refractivity contribution in [2.24, 2.45) is 0 Å². The molecule has 1 aliphatic carbocycles. The summed E-state index contributed by atoms with van der Waals surface area (Å²) in [5.41, 5.74) is 2.42. The number of anilines is 1. The third-order valence-electron chi connectivity index (χ3n) is 4.04. The standard InChI is InChI=1S/C17H22N4/c1-2-19-16-12-15(14-5-3-4-6-14)20-17(21-16)11-13-7-9-18-10-8-13/h7-10,12,14H,2-6,11H2,1H3,(H,19,20,21). The van der Waals surface area contributed by atoms with Crippen molar-refractivity contribution < 1.29 is 0 Å². The fourth-order valence-electron chi connectivity index (χ4n) is 2.98. The van der Waals surface area contributed by atoms with Gasteiger partial charge in [-0.3, -0.25) is 4.98 Å². The number of rotatable bonds is 5. The maximum Gasteiger partial charge on any atom is 0.135 e. The minimum absolute atomic E-state index is 0.613. The molecule has 4 heteroatoms. The number of pyridine rings is 1. The molecule has 1 saturated carbocycles. The normalized spacial score (nSPS) is 15.3. The van der Waals surface area contributed by atoms with Gasteiger partial charge < -0.3 is 5.32 Å². The lowest BCUT2D eigenvalue weighted by molar-refractivity contribution is 0.686. The van der Waals surface area contributed by atoms with Crippen molar-refractivity contribution in [3.8, 4) is 0 Å². The molecule has 0 amide bonds. The minimum atomic E-state index is 0.613. The van der Waals surface area contributed by atoms with E-state index in [9.17, 15) is 0 Å². The molecule has 1 aliphatic rings. The summed E-state index contributed by atoms with van der Waals surface area (Å²) in [4.78, 5) is 13.5. The van der Waals surface area contributed by atoms with Crippen molar-refractivity contribution >= 4 is 5.82 Å². The Morgan fingerprint density at radius 2 is 1.90 bits per heavy atom. The molecule has 2 heterocycles. The zero-order valence-corrected chi connectivity index (χ0v) is 12.5. The molecule has 0 atom stereocenters. The Hall–Kier alpha value is -1.97. The average molecular weight is 282 g/mol. The van der Waals surface area contributed by atoms with Crippen LogP contribution in [0, 0.1) is 0 Å². The first kappa shape index (κ1) is 14.0. The fourth-order valence-corrected chi connectivity index (χ4v) is 2.98. The summed E-state index contributed by atoms with van der Waals surface area (Å²) in [6, 6.07) is 6.19. The number of nitrogens with one attached hydrogen (secondary N) is 1. The van der Waals surface area contributed by atoms with E-state index < -0.39 is 0 Å². The Morgan fingerprint density at radius 3 is 2.62 bits per heavy atom. The second-order valence-electron chi connectivity index (χ2n) is 5.64. The van der Waals surface area contributed by atoms with Gasteiger partial charge in [0.05, 0.1) is 0 Å². The maximum absolute atomic E-state index is 4.82. The van der Waals surface area contributed by atoms with E-state index in [2.05, 4.69) is 28.3 Å². The minimum Gasteiger partial charge on any atom is -0.370 e. The van der Waals surface area contributed by atoms with Gasteiger partial charge in [0.2, 0.25) is 0 Å². The van der Waals surface area contributed by atoms with E-state index in [0.29, 0.717) is 5.92 Å². The maximum atomic E-state index is 4.82. The van der Waals surface area contributed by atoms with Crippen LogP contribution in [0.1, 0.15) is 55.6 Å². The SMILES string of the molecule is CCNc1cc(C2CCCC2)nc(Cc2ccncc2)n1. The zero-order chi connectivity index (χ0) is 14.5. The predicted octanol–water partition coefficient (Wildman–Crippen LogP) is 3.55. The van der Waals surface area contributed by atoms with E-state index in [1.54, 1.807) is 0 Å². The lowest BCUT2D eigenvalue weighted by Gasteiger charge is -2.13. The Bertz CT molecular complexity index is 577. The third kappa shape index (κ3) is 3.57. The van der Waals surface area contributed by atoms with Gasteiger partial charge in [-0.2, -0.15) is 0 Å². The lowest BCUT2D eigenvalue weighted by Crippen LogP contribution is -2.08. The van der Waals surface area contributed by atoms with Gasteiger partial charge in [-0.05, 0) is 37.5 Å². The van der Waals surface area contributed by atoms with Gasteiger partial charge in [0, 0.05) is 43.0 Å². The summed E-state index contributed by atoms with van der Waals surface area (Å²) in [6.07, 6.45) is 9.58. The van der Waals surface area contributed by atoms with Gasteiger partial charge in [-0.15, -0.1) is 0 Å². The topological polar surface area (TPSA) is 50.7 Å². The van der Waals surface area contributed by atoms with E-state index >= 15 is 0 Å². The van der Waals surface area contributed by atoms with Crippen molar-refractivity contribution in [1.82, 2.24) is 15.0 Å². The smallest absolute Gasteiger partial charge is 0.135 e. The molecule has 0 aromatic carbocycles. The molecule has 1 N–H and O–H groups in total. The van der Waals surface area contributed by atoms with Crippen molar-refractivity contribution in [2.45, 2.75) is 44.9 Å². The lowest BCUT2D eigenvalue weighted by atomic mass is 10.0. The summed E-state index contributed by atoms with van der Waals surface area (Å²) in [7, 11) is 0. The van der Waals surface area contributed by atoms with Gasteiger partial charge >= 0.3 is 0 Å². The predicted molar refractivity (Wildman–Crippen MR) is 84.4 cm³/mol. The van der Waals surface area contributed by atoms with Crippen molar-refractivity contribution in [3.05, 3.63) is 47.7 Å². The van der Waals surface area contributed by atoms with Crippen LogP contribution in [0.3, 0.4) is 0 Å². The summed E-state index contributed by atoms with van der Waals surface area (Å²) in [5, 5.41) is 3.33. The van der Waals surface area contributed by atoms with Gasteiger partial charge in [0.15, 0.2) is 0 Å². The number of hydrogen-bond donors (Lipinski definition) is 1. The highest BCUT2D eigenvalue weighted by molar-refractivity contribution is 5.38. The highest BCUT2D eigenvalue weighted by Crippen LogP contribution is 2.33. The number of hydrogen-bond acceptors (Lipinski definition) is 4. The van der Waals surface area contributed by atoms with Gasteiger partial charge in [0.25, 0.3) is 0 Å². The van der Waals surface area contributed by atoms with Crippen LogP contribution < -0.4 is 5.32 Å². The van der Waals surface area contributed by atoms with E-state index in [1.807, 2.05) is 24.5 Å². The molecule has 21 heavy (non-hydrogen) atoms. The molecular formula is C17H22N4. The quantitative estimate of drug-likeness (QED) is 0.911. The molecule has 0 radical (unpaired) electrons. The van der Waals surface area contributed by atoms with Crippen LogP contribution in [0.4, 0.5) is 5.82 Å². The molecule has 3 rings (SSSR count). The highest BCUT2D eigenvalue weighted by atomic mass is 15.0. The van der Waals surface area contributed by atoms with Crippen LogP contribution in [0.15, 0.2) is 30.6 Å².